The number of carbonyl (C=O) groups excluding carboxylic acids is 2. The maximum Gasteiger partial charge on any atom is 0.302 e. The first-order valence-corrected chi connectivity index (χ1v) is 4.35. The zero-order valence-electron chi connectivity index (χ0n) is 6.63. The predicted octanol–water partition coefficient (Wildman–Crippen LogP) is 1.00. The molecule has 0 radical (unpaired) electrons. The van der Waals surface area contributed by atoms with E-state index >= 15 is 0 Å². The van der Waals surface area contributed by atoms with Gasteiger partial charge in [-0.2, -0.15) is 0 Å². The first kappa shape index (κ1) is 9.96. The largest absolute Gasteiger partial charge is 0.418 e. The SMILES string of the molecule is CNC(=O)c1cnc(NC(=O)I)o1. The van der Waals surface area contributed by atoms with Gasteiger partial charge in [-0.3, -0.25) is 14.9 Å². The molecular weight excluding hydrogens is 289 g/mol. The number of halogens is 1. The summed E-state index contributed by atoms with van der Waals surface area (Å²) in [6.45, 7) is 0. The molecule has 0 aliphatic heterocycles. The highest BCUT2D eigenvalue weighted by Crippen LogP contribution is 2.09. The highest BCUT2D eigenvalue weighted by molar-refractivity contribution is 14.1. The molecular formula is C6H6IN3O3. The van der Waals surface area contributed by atoms with Crippen molar-refractivity contribution in [1.82, 2.24) is 10.3 Å². The Morgan fingerprint density at radius 1 is 1.62 bits per heavy atom. The van der Waals surface area contributed by atoms with Crippen molar-refractivity contribution in [3.8, 4) is 0 Å². The Balaban J connectivity index is 2.74. The Hall–Kier alpha value is -1.12. The average molecular weight is 295 g/mol. The van der Waals surface area contributed by atoms with Gasteiger partial charge in [0.2, 0.25) is 5.76 Å². The van der Waals surface area contributed by atoms with Crippen LogP contribution >= 0.6 is 22.6 Å². The van der Waals surface area contributed by atoms with E-state index < -0.39 is 0 Å². The molecule has 0 saturated heterocycles. The van der Waals surface area contributed by atoms with E-state index in [2.05, 4.69) is 15.6 Å². The van der Waals surface area contributed by atoms with E-state index in [9.17, 15) is 9.59 Å². The predicted molar refractivity (Wildman–Crippen MR) is 52.9 cm³/mol. The van der Waals surface area contributed by atoms with Gasteiger partial charge in [0.1, 0.15) is 0 Å². The number of nitrogens with zero attached hydrogens (tertiary/aromatic N) is 1. The lowest BCUT2D eigenvalue weighted by Gasteiger charge is -1.92. The van der Waals surface area contributed by atoms with Gasteiger partial charge in [0, 0.05) is 29.6 Å². The van der Waals surface area contributed by atoms with Crippen LogP contribution in [0, 0.1) is 0 Å². The first-order chi connectivity index (χ1) is 6.13. The van der Waals surface area contributed by atoms with Crippen molar-refractivity contribution in [2.45, 2.75) is 0 Å². The van der Waals surface area contributed by atoms with Crippen molar-refractivity contribution in [3.63, 3.8) is 0 Å². The first-order valence-electron chi connectivity index (χ1n) is 3.28. The smallest absolute Gasteiger partial charge is 0.302 e. The van der Waals surface area contributed by atoms with E-state index in [1.807, 2.05) is 0 Å². The molecule has 2 amide bonds. The van der Waals surface area contributed by atoms with Crippen LogP contribution < -0.4 is 10.6 Å². The Morgan fingerprint density at radius 2 is 2.31 bits per heavy atom. The quantitative estimate of drug-likeness (QED) is 0.484. The summed E-state index contributed by atoms with van der Waals surface area (Å²) < 4.78 is 4.56. The minimum absolute atomic E-state index is 0.0120. The highest BCUT2D eigenvalue weighted by atomic mass is 127. The Morgan fingerprint density at radius 3 is 2.85 bits per heavy atom. The summed E-state index contributed by atoms with van der Waals surface area (Å²) in [4.78, 5) is 25.2. The van der Waals surface area contributed by atoms with E-state index in [1.165, 1.54) is 35.8 Å². The fraction of sp³-hybridized carbons (Fsp3) is 0.167. The molecule has 0 fully saturated rings. The van der Waals surface area contributed by atoms with Gasteiger partial charge in [0.15, 0.2) is 0 Å². The van der Waals surface area contributed by atoms with Crippen LogP contribution in [-0.2, 0) is 0 Å². The standard InChI is InChI=1S/C6H6IN3O3/c1-8-4(11)3-2-9-6(13-3)10-5(7)12/h2H,1H3,(H,8,11)(H,9,10,12). The average Bonchev–Trinajstić information content (AvgIpc) is 2.50. The molecule has 1 rings (SSSR count). The molecule has 1 heterocycles. The van der Waals surface area contributed by atoms with Gasteiger partial charge < -0.3 is 9.73 Å². The molecule has 2 N–H and O–H groups in total. The molecule has 0 atom stereocenters. The lowest BCUT2D eigenvalue weighted by atomic mass is 10.5. The highest BCUT2D eigenvalue weighted by Gasteiger charge is 2.10. The summed E-state index contributed by atoms with van der Waals surface area (Å²) in [5.41, 5.74) is 0. The number of hydrogen-bond donors (Lipinski definition) is 2. The van der Waals surface area contributed by atoms with Crippen molar-refractivity contribution < 1.29 is 14.0 Å². The third-order valence-electron chi connectivity index (χ3n) is 1.16. The number of aromatic nitrogens is 1. The molecule has 0 spiro atoms. The molecule has 1 aromatic rings. The van der Waals surface area contributed by atoms with Crippen molar-refractivity contribution in [1.29, 1.82) is 0 Å². The summed E-state index contributed by atoms with van der Waals surface area (Å²) >= 11 is 1.53. The van der Waals surface area contributed by atoms with Crippen LogP contribution in [0.5, 0.6) is 0 Å². The molecule has 0 aliphatic carbocycles. The van der Waals surface area contributed by atoms with Gasteiger partial charge >= 0.3 is 6.01 Å². The van der Waals surface area contributed by atoms with E-state index in [1.54, 1.807) is 0 Å². The second-order valence-corrected chi connectivity index (χ2v) is 2.99. The second-order valence-electron chi connectivity index (χ2n) is 2.01. The molecule has 0 unspecified atom stereocenters. The van der Waals surface area contributed by atoms with Crippen LogP contribution in [0.2, 0.25) is 0 Å². The molecule has 70 valence electrons. The van der Waals surface area contributed by atoms with E-state index in [4.69, 9.17) is 4.42 Å². The van der Waals surface area contributed by atoms with Gasteiger partial charge in [-0.05, 0) is 0 Å². The third-order valence-corrected chi connectivity index (χ3v) is 1.43. The molecule has 6 nitrogen and oxygen atoms in total. The normalized spacial score (nSPS) is 9.38. The summed E-state index contributed by atoms with van der Waals surface area (Å²) in [7, 11) is 1.47. The molecule has 7 heteroatoms. The molecule has 0 saturated carbocycles. The fourth-order valence-corrected chi connectivity index (χ4v) is 0.875. The second kappa shape index (κ2) is 4.21. The summed E-state index contributed by atoms with van der Waals surface area (Å²) in [6, 6.07) is 0.0120. The topological polar surface area (TPSA) is 84.2 Å². The maximum absolute atomic E-state index is 11.0. The number of carbonyl (C=O) groups is 2. The molecule has 0 aromatic carbocycles. The molecule has 13 heavy (non-hydrogen) atoms. The van der Waals surface area contributed by atoms with Crippen LogP contribution in [0.4, 0.5) is 10.8 Å². The Labute approximate surface area is 87.2 Å². The third kappa shape index (κ3) is 2.68. The van der Waals surface area contributed by atoms with Crippen molar-refractivity contribution >= 4 is 38.4 Å². The Bertz CT molecular complexity index is 336. The van der Waals surface area contributed by atoms with Gasteiger partial charge in [-0.25, -0.2) is 4.98 Å². The van der Waals surface area contributed by atoms with Crippen molar-refractivity contribution in [2.24, 2.45) is 0 Å². The minimum Gasteiger partial charge on any atom is -0.418 e. The summed E-state index contributed by atoms with van der Waals surface area (Å²) in [5, 5.41) is 4.65. The van der Waals surface area contributed by atoms with Crippen LogP contribution in [0.3, 0.4) is 0 Å². The van der Waals surface area contributed by atoms with E-state index in [0.29, 0.717) is 0 Å². The number of oxazole rings is 1. The number of hydrogen-bond acceptors (Lipinski definition) is 4. The minimum atomic E-state index is -0.388. The van der Waals surface area contributed by atoms with Crippen molar-refractivity contribution in [3.05, 3.63) is 12.0 Å². The maximum atomic E-state index is 11.0. The zero-order valence-corrected chi connectivity index (χ0v) is 8.78. The number of amides is 2. The molecule has 1 aromatic heterocycles. The number of anilines is 1. The summed E-state index contributed by atoms with van der Waals surface area (Å²) in [5.74, 6) is -0.330. The lowest BCUT2D eigenvalue weighted by molar-refractivity contribution is 0.0936. The van der Waals surface area contributed by atoms with Crippen molar-refractivity contribution in [2.75, 3.05) is 12.4 Å². The van der Waals surface area contributed by atoms with Gasteiger partial charge in [0.05, 0.1) is 6.20 Å². The van der Waals surface area contributed by atoms with Gasteiger partial charge in [0.25, 0.3) is 9.82 Å². The zero-order chi connectivity index (χ0) is 9.84. The van der Waals surface area contributed by atoms with E-state index in [-0.39, 0.29) is 21.6 Å². The summed E-state index contributed by atoms with van der Waals surface area (Å²) in [6.07, 6.45) is 1.24. The van der Waals surface area contributed by atoms with Crippen LogP contribution in [-0.4, -0.2) is 21.9 Å². The fourth-order valence-electron chi connectivity index (χ4n) is 0.644. The lowest BCUT2D eigenvalue weighted by Crippen LogP contribution is -2.16. The van der Waals surface area contributed by atoms with Crippen LogP contribution in [0.15, 0.2) is 10.6 Å². The van der Waals surface area contributed by atoms with Gasteiger partial charge in [-0.1, -0.05) is 0 Å². The monoisotopic (exact) mass is 295 g/mol. The van der Waals surface area contributed by atoms with Crippen LogP contribution in [0.1, 0.15) is 10.6 Å². The Kier molecular flexibility index (Phi) is 3.23. The van der Waals surface area contributed by atoms with Crippen LogP contribution in [0.25, 0.3) is 0 Å². The number of rotatable bonds is 2. The van der Waals surface area contributed by atoms with E-state index in [0.717, 1.165) is 0 Å². The molecule has 0 bridgehead atoms. The molecule has 0 aliphatic rings. The number of nitrogens with one attached hydrogen (secondary N) is 2. The van der Waals surface area contributed by atoms with Gasteiger partial charge in [-0.15, -0.1) is 0 Å².